The van der Waals surface area contributed by atoms with Gasteiger partial charge in [-0.15, -0.1) is 0 Å². The van der Waals surface area contributed by atoms with Crippen molar-refractivity contribution in [1.82, 2.24) is 9.80 Å². The van der Waals surface area contributed by atoms with Crippen molar-refractivity contribution < 1.29 is 14.3 Å². The van der Waals surface area contributed by atoms with Crippen LogP contribution in [0.4, 0.5) is 5.69 Å². The fourth-order valence-corrected chi connectivity index (χ4v) is 4.48. The van der Waals surface area contributed by atoms with E-state index in [1.54, 1.807) is 0 Å². The molecular formula is C27H33N3O3. The highest BCUT2D eigenvalue weighted by atomic mass is 16.5. The highest BCUT2D eigenvalue weighted by molar-refractivity contribution is 6.36. The van der Waals surface area contributed by atoms with E-state index in [2.05, 4.69) is 23.2 Å². The number of ether oxygens (including phenoxy) is 1. The van der Waals surface area contributed by atoms with Crippen molar-refractivity contribution in [3.63, 3.8) is 0 Å². The topological polar surface area (TPSA) is 61.9 Å². The zero-order valence-corrected chi connectivity index (χ0v) is 19.8. The number of morpholine rings is 1. The lowest BCUT2D eigenvalue weighted by molar-refractivity contribution is -0.136. The molecule has 174 valence electrons. The van der Waals surface area contributed by atoms with Crippen LogP contribution in [0.2, 0.25) is 0 Å². The van der Waals surface area contributed by atoms with Gasteiger partial charge < -0.3 is 10.1 Å². The normalized spacial score (nSPS) is 17.2. The summed E-state index contributed by atoms with van der Waals surface area (Å²) < 4.78 is 5.41. The second-order valence-electron chi connectivity index (χ2n) is 8.81. The van der Waals surface area contributed by atoms with E-state index in [1.165, 1.54) is 10.5 Å². The SMILES string of the molecule is CCc1ccc(NC2=C(c3ccc(C)cc3C)C(=O)N(CCCN3CCOCC3)C2=O)cc1. The van der Waals surface area contributed by atoms with Crippen LogP contribution >= 0.6 is 0 Å². The van der Waals surface area contributed by atoms with E-state index in [0.717, 1.165) is 68.1 Å². The van der Waals surface area contributed by atoms with E-state index in [-0.39, 0.29) is 11.8 Å². The fraction of sp³-hybridized carbons (Fsp3) is 0.407. The van der Waals surface area contributed by atoms with Gasteiger partial charge in [0.2, 0.25) is 0 Å². The molecule has 2 amide bonds. The van der Waals surface area contributed by atoms with Gasteiger partial charge in [-0.25, -0.2) is 0 Å². The number of imide groups is 1. The van der Waals surface area contributed by atoms with E-state index in [1.807, 2.05) is 50.2 Å². The van der Waals surface area contributed by atoms with Crippen molar-refractivity contribution in [2.75, 3.05) is 44.7 Å². The molecule has 1 fully saturated rings. The van der Waals surface area contributed by atoms with Crippen molar-refractivity contribution in [2.45, 2.75) is 33.6 Å². The van der Waals surface area contributed by atoms with Gasteiger partial charge in [0.05, 0.1) is 18.8 Å². The molecule has 2 aliphatic heterocycles. The number of carbonyl (C=O) groups is 2. The Hall–Kier alpha value is -2.96. The highest BCUT2D eigenvalue weighted by Gasteiger charge is 2.39. The number of hydrogen-bond donors (Lipinski definition) is 1. The molecule has 2 aliphatic rings. The number of nitrogens with one attached hydrogen (secondary N) is 1. The number of aryl methyl sites for hydroxylation is 3. The third-order valence-corrected chi connectivity index (χ3v) is 6.41. The second kappa shape index (κ2) is 10.3. The first-order valence-electron chi connectivity index (χ1n) is 11.8. The van der Waals surface area contributed by atoms with E-state index < -0.39 is 0 Å². The Morgan fingerprint density at radius 2 is 1.67 bits per heavy atom. The first-order chi connectivity index (χ1) is 16.0. The number of anilines is 1. The maximum atomic E-state index is 13.5. The van der Waals surface area contributed by atoms with E-state index in [4.69, 9.17) is 4.74 Å². The highest BCUT2D eigenvalue weighted by Crippen LogP contribution is 2.32. The van der Waals surface area contributed by atoms with Crippen molar-refractivity contribution >= 4 is 23.1 Å². The number of hydrogen-bond acceptors (Lipinski definition) is 5. The van der Waals surface area contributed by atoms with Crippen LogP contribution in [0.1, 0.15) is 35.6 Å². The van der Waals surface area contributed by atoms with Crippen LogP contribution in [0.15, 0.2) is 48.2 Å². The summed E-state index contributed by atoms with van der Waals surface area (Å²) in [5, 5.41) is 3.27. The zero-order chi connectivity index (χ0) is 23.4. The molecule has 1 N–H and O–H groups in total. The zero-order valence-electron chi connectivity index (χ0n) is 19.8. The molecule has 0 radical (unpaired) electrons. The van der Waals surface area contributed by atoms with Gasteiger partial charge in [-0.2, -0.15) is 0 Å². The first kappa shape index (κ1) is 23.2. The summed E-state index contributed by atoms with van der Waals surface area (Å²) in [7, 11) is 0. The molecule has 33 heavy (non-hydrogen) atoms. The summed E-state index contributed by atoms with van der Waals surface area (Å²) in [6.07, 6.45) is 1.70. The standard InChI is InChI=1S/C27H33N3O3/c1-4-21-7-9-22(10-8-21)28-25-24(23-11-6-19(2)18-20(23)3)26(31)30(27(25)32)13-5-12-29-14-16-33-17-15-29/h6-11,18,28H,4-5,12-17H2,1-3H3. The maximum Gasteiger partial charge on any atom is 0.278 e. The maximum absolute atomic E-state index is 13.5. The third-order valence-electron chi connectivity index (χ3n) is 6.41. The molecule has 1 saturated heterocycles. The lowest BCUT2D eigenvalue weighted by Crippen LogP contribution is -2.39. The molecule has 2 heterocycles. The first-order valence-corrected chi connectivity index (χ1v) is 11.8. The van der Waals surface area contributed by atoms with Gasteiger partial charge in [0, 0.05) is 31.9 Å². The Labute approximate surface area is 196 Å². The summed E-state index contributed by atoms with van der Waals surface area (Å²) in [5.74, 6) is -0.474. The molecule has 2 aromatic rings. The summed E-state index contributed by atoms with van der Waals surface area (Å²) in [6.45, 7) is 10.7. The van der Waals surface area contributed by atoms with E-state index in [0.29, 0.717) is 17.8 Å². The van der Waals surface area contributed by atoms with Gasteiger partial charge in [0.15, 0.2) is 0 Å². The molecule has 4 rings (SSSR count). The monoisotopic (exact) mass is 447 g/mol. The Kier molecular flexibility index (Phi) is 7.26. The van der Waals surface area contributed by atoms with Crippen molar-refractivity contribution in [3.05, 3.63) is 70.4 Å². The van der Waals surface area contributed by atoms with Gasteiger partial charge in [-0.3, -0.25) is 19.4 Å². The number of nitrogens with zero attached hydrogens (tertiary/aromatic N) is 2. The number of rotatable bonds is 8. The molecule has 0 saturated carbocycles. The summed E-state index contributed by atoms with van der Waals surface area (Å²) in [5.41, 5.74) is 5.78. The average molecular weight is 448 g/mol. The summed E-state index contributed by atoms with van der Waals surface area (Å²) >= 11 is 0. The van der Waals surface area contributed by atoms with Gasteiger partial charge in [0.25, 0.3) is 11.8 Å². The minimum Gasteiger partial charge on any atom is -0.379 e. The van der Waals surface area contributed by atoms with Crippen molar-refractivity contribution in [2.24, 2.45) is 0 Å². The van der Waals surface area contributed by atoms with Crippen LogP contribution in [0, 0.1) is 13.8 Å². The van der Waals surface area contributed by atoms with Crippen LogP contribution < -0.4 is 5.32 Å². The molecule has 0 atom stereocenters. The number of benzene rings is 2. The number of amides is 2. The molecule has 2 aromatic carbocycles. The molecule has 6 nitrogen and oxygen atoms in total. The van der Waals surface area contributed by atoms with E-state index in [9.17, 15) is 9.59 Å². The fourth-order valence-electron chi connectivity index (χ4n) is 4.48. The van der Waals surface area contributed by atoms with Crippen LogP contribution in [0.25, 0.3) is 5.57 Å². The molecule has 0 bridgehead atoms. The smallest absolute Gasteiger partial charge is 0.278 e. The van der Waals surface area contributed by atoms with Gasteiger partial charge in [-0.05, 0) is 55.5 Å². The Morgan fingerprint density at radius 3 is 2.33 bits per heavy atom. The predicted molar refractivity (Wildman–Crippen MR) is 131 cm³/mol. The molecule has 0 unspecified atom stereocenters. The van der Waals surface area contributed by atoms with Gasteiger partial charge >= 0.3 is 0 Å². The Balaban J connectivity index is 1.59. The average Bonchev–Trinajstić information content (AvgIpc) is 3.04. The van der Waals surface area contributed by atoms with Crippen molar-refractivity contribution in [1.29, 1.82) is 0 Å². The molecule has 0 aromatic heterocycles. The van der Waals surface area contributed by atoms with E-state index >= 15 is 0 Å². The molecule has 6 heteroatoms. The molecular weight excluding hydrogens is 414 g/mol. The van der Waals surface area contributed by atoms with Crippen LogP contribution in [0.3, 0.4) is 0 Å². The number of carbonyl (C=O) groups excluding carboxylic acids is 2. The quantitative estimate of drug-likeness (QED) is 0.624. The minimum atomic E-state index is -0.253. The third kappa shape index (κ3) is 5.18. The van der Waals surface area contributed by atoms with Crippen LogP contribution in [-0.4, -0.2) is 61.0 Å². The summed E-state index contributed by atoms with van der Waals surface area (Å²) in [4.78, 5) is 30.7. The van der Waals surface area contributed by atoms with Crippen LogP contribution in [0.5, 0.6) is 0 Å². The summed E-state index contributed by atoms with van der Waals surface area (Å²) in [6, 6.07) is 14.0. The molecule has 0 aliphatic carbocycles. The largest absolute Gasteiger partial charge is 0.379 e. The molecule has 0 spiro atoms. The van der Waals surface area contributed by atoms with Crippen molar-refractivity contribution in [3.8, 4) is 0 Å². The Morgan fingerprint density at radius 1 is 0.939 bits per heavy atom. The van der Waals surface area contributed by atoms with Gasteiger partial charge in [-0.1, -0.05) is 42.8 Å². The Bertz CT molecular complexity index is 1050. The lowest BCUT2D eigenvalue weighted by atomic mass is 9.97. The van der Waals surface area contributed by atoms with Gasteiger partial charge in [0.1, 0.15) is 5.70 Å². The predicted octanol–water partition coefficient (Wildman–Crippen LogP) is 3.78. The van der Waals surface area contributed by atoms with Crippen LogP contribution in [-0.2, 0) is 20.7 Å². The second-order valence-corrected chi connectivity index (χ2v) is 8.81. The minimum absolute atomic E-state index is 0.221. The lowest BCUT2D eigenvalue weighted by Gasteiger charge is -2.27.